The molecule has 2 amide bonds. The van der Waals surface area contributed by atoms with Crippen LogP contribution in [0.1, 0.15) is 24.5 Å². The van der Waals surface area contributed by atoms with Gasteiger partial charge < -0.3 is 15.1 Å². The number of urea groups is 1. The smallest absolute Gasteiger partial charge is 0.321 e. The summed E-state index contributed by atoms with van der Waals surface area (Å²) in [6, 6.07) is 9.69. The highest BCUT2D eigenvalue weighted by atomic mass is 19.1. The van der Waals surface area contributed by atoms with Gasteiger partial charge in [0, 0.05) is 37.8 Å². The summed E-state index contributed by atoms with van der Waals surface area (Å²) in [5, 5.41) is 11.4. The van der Waals surface area contributed by atoms with E-state index in [-0.39, 0.29) is 11.8 Å². The van der Waals surface area contributed by atoms with Crippen LogP contribution in [0.2, 0.25) is 0 Å². The summed E-state index contributed by atoms with van der Waals surface area (Å²) in [6.07, 6.45) is 2.44. The summed E-state index contributed by atoms with van der Waals surface area (Å²) < 4.78 is 12.9. The molecule has 1 aromatic heterocycles. The van der Waals surface area contributed by atoms with Gasteiger partial charge in [-0.1, -0.05) is 0 Å². The Hall–Kier alpha value is -2.70. The van der Waals surface area contributed by atoms with E-state index in [1.807, 2.05) is 6.07 Å². The Labute approximate surface area is 145 Å². The highest BCUT2D eigenvalue weighted by Gasteiger charge is 2.26. The molecule has 130 valence electrons. The van der Waals surface area contributed by atoms with Crippen LogP contribution in [0.4, 0.5) is 20.7 Å². The van der Waals surface area contributed by atoms with Gasteiger partial charge in [-0.15, -0.1) is 5.10 Å². The van der Waals surface area contributed by atoms with Crippen molar-refractivity contribution < 1.29 is 9.18 Å². The molecule has 0 spiro atoms. The van der Waals surface area contributed by atoms with E-state index in [2.05, 4.69) is 26.5 Å². The Kier molecular flexibility index (Phi) is 4.21. The summed E-state index contributed by atoms with van der Waals surface area (Å²) in [4.78, 5) is 16.2. The van der Waals surface area contributed by atoms with Gasteiger partial charge in [-0.25, -0.2) is 9.18 Å². The minimum atomic E-state index is -0.319. The third-order valence-electron chi connectivity index (χ3n) is 4.65. The monoisotopic (exact) mass is 341 g/mol. The molecule has 0 radical (unpaired) electrons. The van der Waals surface area contributed by atoms with Crippen molar-refractivity contribution in [1.29, 1.82) is 0 Å². The van der Waals surface area contributed by atoms with Gasteiger partial charge in [0.25, 0.3) is 0 Å². The zero-order chi connectivity index (χ0) is 17.2. The molecule has 7 heteroatoms. The third-order valence-corrected chi connectivity index (χ3v) is 4.65. The summed E-state index contributed by atoms with van der Waals surface area (Å²) in [5.74, 6) is 1.15. The average molecular weight is 341 g/mol. The number of benzene rings is 1. The van der Waals surface area contributed by atoms with Gasteiger partial charge in [0.05, 0.1) is 5.69 Å². The van der Waals surface area contributed by atoms with Gasteiger partial charge in [0.2, 0.25) is 0 Å². The first-order valence-electron chi connectivity index (χ1n) is 8.59. The zero-order valence-corrected chi connectivity index (χ0v) is 13.9. The Morgan fingerprint density at radius 1 is 1.00 bits per heavy atom. The van der Waals surface area contributed by atoms with Crippen molar-refractivity contribution in [2.75, 3.05) is 36.4 Å². The van der Waals surface area contributed by atoms with E-state index in [1.54, 1.807) is 17.0 Å². The van der Waals surface area contributed by atoms with Crippen LogP contribution in [-0.4, -0.2) is 47.3 Å². The first-order chi connectivity index (χ1) is 12.2. The molecular weight excluding hydrogens is 321 g/mol. The first-order valence-corrected chi connectivity index (χ1v) is 8.59. The fraction of sp³-hybridized carbons (Fsp3) is 0.389. The van der Waals surface area contributed by atoms with Gasteiger partial charge in [0.15, 0.2) is 5.82 Å². The highest BCUT2D eigenvalue weighted by molar-refractivity contribution is 5.89. The number of aromatic nitrogens is 2. The zero-order valence-electron chi connectivity index (χ0n) is 13.9. The largest absolute Gasteiger partial charge is 0.352 e. The lowest BCUT2D eigenvalue weighted by Crippen LogP contribution is -2.50. The molecule has 2 aliphatic rings. The maximum Gasteiger partial charge on any atom is 0.321 e. The lowest BCUT2D eigenvalue weighted by Gasteiger charge is -2.35. The maximum atomic E-state index is 12.9. The number of hydrogen-bond acceptors (Lipinski definition) is 4. The molecule has 1 saturated carbocycles. The van der Waals surface area contributed by atoms with E-state index in [0.29, 0.717) is 37.8 Å². The molecule has 1 N–H and O–H groups in total. The van der Waals surface area contributed by atoms with Crippen molar-refractivity contribution in [2.45, 2.75) is 18.8 Å². The molecule has 6 nitrogen and oxygen atoms in total. The molecule has 0 unspecified atom stereocenters. The minimum Gasteiger partial charge on any atom is -0.352 e. The van der Waals surface area contributed by atoms with Gasteiger partial charge in [0.1, 0.15) is 5.82 Å². The first kappa shape index (κ1) is 15.8. The molecular formula is C18H20FN5O. The number of nitrogens with zero attached hydrogens (tertiary/aromatic N) is 4. The molecule has 2 heterocycles. The molecule has 0 atom stereocenters. The lowest BCUT2D eigenvalue weighted by atomic mass is 10.2. The number of hydrogen-bond donors (Lipinski definition) is 1. The number of nitrogens with one attached hydrogen (secondary N) is 1. The maximum absolute atomic E-state index is 12.9. The second kappa shape index (κ2) is 6.66. The van der Waals surface area contributed by atoms with E-state index in [9.17, 15) is 9.18 Å². The number of rotatable bonds is 3. The Balaban J connectivity index is 1.31. The molecule has 0 bridgehead atoms. The Morgan fingerprint density at radius 3 is 2.32 bits per heavy atom. The predicted octanol–water partition coefficient (Wildman–Crippen LogP) is 2.85. The van der Waals surface area contributed by atoms with Crippen LogP contribution in [0.15, 0.2) is 36.4 Å². The van der Waals surface area contributed by atoms with Crippen LogP contribution < -0.4 is 10.2 Å². The normalized spacial score (nSPS) is 17.5. The predicted molar refractivity (Wildman–Crippen MR) is 93.2 cm³/mol. The second-order valence-electron chi connectivity index (χ2n) is 6.50. The number of anilines is 2. The summed E-state index contributed by atoms with van der Waals surface area (Å²) in [6.45, 7) is 2.65. The molecule has 25 heavy (non-hydrogen) atoms. The van der Waals surface area contributed by atoms with E-state index >= 15 is 0 Å². The van der Waals surface area contributed by atoms with Crippen molar-refractivity contribution in [2.24, 2.45) is 0 Å². The number of carbonyl (C=O) groups is 1. The van der Waals surface area contributed by atoms with Gasteiger partial charge in [-0.3, -0.25) is 0 Å². The number of halogens is 1. The fourth-order valence-corrected chi connectivity index (χ4v) is 2.98. The van der Waals surface area contributed by atoms with Crippen molar-refractivity contribution in [3.8, 4) is 0 Å². The van der Waals surface area contributed by atoms with Gasteiger partial charge in [-0.2, -0.15) is 5.10 Å². The fourth-order valence-electron chi connectivity index (χ4n) is 2.98. The standard InChI is InChI=1S/C18H20FN5O/c19-14-3-5-15(6-4-14)20-18(25)24-11-9-23(10-12-24)17-8-7-16(21-22-17)13-1-2-13/h3-8,13H,1-2,9-12H2,(H,20,25). The third kappa shape index (κ3) is 3.70. The SMILES string of the molecule is O=C(Nc1ccc(F)cc1)N1CCN(c2ccc(C3CC3)nn2)CC1. The molecule has 1 saturated heterocycles. The molecule has 1 aliphatic carbocycles. The van der Waals surface area contributed by atoms with Crippen molar-refractivity contribution in [1.82, 2.24) is 15.1 Å². The van der Waals surface area contributed by atoms with Crippen molar-refractivity contribution >= 4 is 17.5 Å². The molecule has 4 rings (SSSR count). The van der Waals surface area contributed by atoms with Crippen LogP contribution in [0.3, 0.4) is 0 Å². The molecule has 1 aliphatic heterocycles. The van der Waals surface area contributed by atoms with E-state index in [0.717, 1.165) is 11.5 Å². The minimum absolute atomic E-state index is 0.165. The molecule has 2 fully saturated rings. The summed E-state index contributed by atoms with van der Waals surface area (Å²) in [7, 11) is 0. The number of carbonyl (C=O) groups excluding carboxylic acids is 1. The van der Waals surface area contributed by atoms with Gasteiger partial charge >= 0.3 is 6.03 Å². The Morgan fingerprint density at radius 2 is 1.72 bits per heavy atom. The van der Waals surface area contributed by atoms with Crippen LogP contribution in [0.5, 0.6) is 0 Å². The second-order valence-corrected chi connectivity index (χ2v) is 6.50. The average Bonchev–Trinajstić information content (AvgIpc) is 3.49. The number of amides is 2. The van der Waals surface area contributed by atoms with E-state index in [4.69, 9.17) is 0 Å². The van der Waals surface area contributed by atoms with Gasteiger partial charge in [-0.05, 0) is 49.2 Å². The topological polar surface area (TPSA) is 61.4 Å². The van der Waals surface area contributed by atoms with Crippen molar-refractivity contribution in [3.05, 3.63) is 47.9 Å². The quantitative estimate of drug-likeness (QED) is 0.932. The molecule has 1 aromatic carbocycles. The van der Waals surface area contributed by atoms with E-state index in [1.165, 1.54) is 25.0 Å². The van der Waals surface area contributed by atoms with E-state index < -0.39 is 0 Å². The van der Waals surface area contributed by atoms with Crippen LogP contribution in [0.25, 0.3) is 0 Å². The number of piperazine rings is 1. The summed E-state index contributed by atoms with van der Waals surface area (Å²) >= 11 is 0. The van der Waals surface area contributed by atoms with Crippen LogP contribution in [-0.2, 0) is 0 Å². The molecule has 2 aromatic rings. The van der Waals surface area contributed by atoms with Crippen molar-refractivity contribution in [3.63, 3.8) is 0 Å². The van der Waals surface area contributed by atoms with Crippen LogP contribution in [0, 0.1) is 5.82 Å². The Bertz CT molecular complexity index is 737. The highest BCUT2D eigenvalue weighted by Crippen LogP contribution is 2.38. The van der Waals surface area contributed by atoms with Crippen LogP contribution >= 0.6 is 0 Å². The lowest BCUT2D eigenvalue weighted by molar-refractivity contribution is 0.208. The summed E-state index contributed by atoms with van der Waals surface area (Å²) in [5.41, 5.74) is 1.68.